The smallest absolute Gasteiger partial charge is 0.197 e. The fourth-order valence-electron chi connectivity index (χ4n) is 13.9. The first-order valence-corrected chi connectivity index (χ1v) is 17.4. The molecule has 3 saturated heterocycles. The van der Waals surface area contributed by atoms with Gasteiger partial charge in [0.1, 0.15) is 23.9 Å². The molecular weight excluding hydrogens is 564 g/mol. The molecule has 0 unspecified atom stereocenters. The van der Waals surface area contributed by atoms with E-state index in [9.17, 15) is 25.5 Å². The summed E-state index contributed by atoms with van der Waals surface area (Å²) in [5, 5.41) is 54.3. The summed E-state index contributed by atoms with van der Waals surface area (Å²) in [4.78, 5) is 0. The molecule has 0 amide bonds. The highest BCUT2D eigenvalue weighted by Crippen LogP contribution is 2.89. The molecule has 9 nitrogen and oxygen atoms in total. The standard InChI is InChI=1S/C35H56O9/c1-28(2)21-14-18(36)25-31(6)15-20-26(32(7)11-13-35(43-20,44-32)29(3,4)40)30(31,5)10-12-34(25)17-33(21,34)9-8-22(28)42-27-24(39)23(38)19(37)16-41-27/h18-27,36-40H,8-17H2,1-7H3/t18-,19+,20-,21-,22-,23-,24+,25-,26-,27-,30+,31-,32+,33+,34-,35+/m0/s1. The Kier molecular flexibility index (Phi) is 6.19. The molecule has 0 radical (unpaired) electrons. The molecule has 16 atom stereocenters. The Labute approximate surface area is 262 Å². The summed E-state index contributed by atoms with van der Waals surface area (Å²) in [5.74, 6) is -0.331. The number of hydrogen-bond donors (Lipinski definition) is 5. The predicted molar refractivity (Wildman–Crippen MR) is 159 cm³/mol. The van der Waals surface area contributed by atoms with Crippen molar-refractivity contribution >= 4 is 0 Å². The Bertz CT molecular complexity index is 1220. The van der Waals surface area contributed by atoms with Crippen LogP contribution in [0.1, 0.15) is 106 Å². The van der Waals surface area contributed by atoms with E-state index in [0.29, 0.717) is 6.42 Å². The molecule has 3 heterocycles. The van der Waals surface area contributed by atoms with Gasteiger partial charge in [0.25, 0.3) is 0 Å². The molecule has 0 aromatic heterocycles. The van der Waals surface area contributed by atoms with Crippen molar-refractivity contribution in [2.24, 2.45) is 44.8 Å². The Balaban J connectivity index is 1.09. The highest BCUT2D eigenvalue weighted by atomic mass is 16.7. The van der Waals surface area contributed by atoms with Gasteiger partial charge in [0.05, 0.1) is 30.5 Å². The normalized spacial score (nSPS) is 62.2. The molecule has 9 heteroatoms. The molecule has 8 aliphatic rings. The van der Waals surface area contributed by atoms with Crippen LogP contribution in [0.3, 0.4) is 0 Å². The van der Waals surface area contributed by atoms with Crippen LogP contribution in [0.25, 0.3) is 0 Å². The van der Waals surface area contributed by atoms with Gasteiger partial charge in [0.2, 0.25) is 0 Å². The lowest BCUT2D eigenvalue weighted by atomic mass is 9.41. The molecule has 44 heavy (non-hydrogen) atoms. The molecule has 0 aromatic rings. The number of fused-ring (bicyclic) bond motifs is 7. The van der Waals surface area contributed by atoms with E-state index in [-0.39, 0.29) is 69.2 Å². The van der Waals surface area contributed by atoms with E-state index in [0.717, 1.165) is 51.4 Å². The molecular formula is C35H56O9. The third kappa shape index (κ3) is 3.43. The molecule has 5 aliphatic carbocycles. The molecule has 2 spiro atoms. The van der Waals surface area contributed by atoms with Gasteiger partial charge in [-0.15, -0.1) is 0 Å². The Hall–Kier alpha value is -0.360. The molecule has 250 valence electrons. The summed E-state index contributed by atoms with van der Waals surface area (Å²) in [7, 11) is 0. The van der Waals surface area contributed by atoms with E-state index in [1.165, 1.54) is 0 Å². The SMILES string of the molecule is CC1(C)[C@@H](O[C@@H]2OC[C@@H](O)[C@H](O)[C@H]2O)CC[C@]23C[C@]24CC[C@]2(C)[C@@H]5[C@H](C[C@@]2(C)[C@@H]4[C@@H](O)C[C@@H]13)O[C@]1(C(C)(C)O)CC[C@@]5(C)O1. The van der Waals surface area contributed by atoms with Crippen molar-refractivity contribution in [3.63, 3.8) is 0 Å². The van der Waals surface area contributed by atoms with Gasteiger partial charge in [-0.25, -0.2) is 0 Å². The molecule has 5 N–H and O–H groups in total. The van der Waals surface area contributed by atoms with Crippen molar-refractivity contribution in [1.29, 1.82) is 0 Å². The summed E-state index contributed by atoms with van der Waals surface area (Å²) < 4.78 is 25.8. The van der Waals surface area contributed by atoms with E-state index >= 15 is 0 Å². The minimum atomic E-state index is -1.31. The molecule has 0 aromatic carbocycles. The van der Waals surface area contributed by atoms with Crippen LogP contribution in [0, 0.1) is 44.8 Å². The number of hydrogen-bond acceptors (Lipinski definition) is 9. The van der Waals surface area contributed by atoms with E-state index in [2.05, 4.69) is 34.6 Å². The van der Waals surface area contributed by atoms with E-state index < -0.39 is 42.1 Å². The van der Waals surface area contributed by atoms with Crippen LogP contribution >= 0.6 is 0 Å². The number of rotatable bonds is 3. The summed E-state index contributed by atoms with van der Waals surface area (Å²) in [6.45, 7) is 15.2. The second-order valence-electron chi connectivity index (χ2n) is 18.5. The average Bonchev–Trinajstić information content (AvgIpc) is 3.37. The number of aliphatic hydroxyl groups is 5. The van der Waals surface area contributed by atoms with Gasteiger partial charge in [-0.3, -0.25) is 0 Å². The molecule has 8 fully saturated rings. The Morgan fingerprint density at radius 2 is 1.52 bits per heavy atom. The van der Waals surface area contributed by atoms with Crippen LogP contribution < -0.4 is 0 Å². The monoisotopic (exact) mass is 620 g/mol. The first-order chi connectivity index (χ1) is 20.3. The van der Waals surface area contributed by atoms with Crippen LogP contribution in [0.5, 0.6) is 0 Å². The second-order valence-corrected chi connectivity index (χ2v) is 18.5. The zero-order valence-electron chi connectivity index (χ0n) is 27.7. The first-order valence-electron chi connectivity index (χ1n) is 17.4. The van der Waals surface area contributed by atoms with Crippen LogP contribution in [0.4, 0.5) is 0 Å². The van der Waals surface area contributed by atoms with Gasteiger partial charge < -0.3 is 44.5 Å². The maximum atomic E-state index is 12.3. The fourth-order valence-corrected chi connectivity index (χ4v) is 13.9. The maximum absolute atomic E-state index is 12.3. The largest absolute Gasteiger partial charge is 0.393 e. The van der Waals surface area contributed by atoms with Gasteiger partial charge in [-0.05, 0) is 111 Å². The fraction of sp³-hybridized carbons (Fsp3) is 1.00. The number of ether oxygens (including phenoxy) is 4. The summed E-state index contributed by atoms with van der Waals surface area (Å²) in [6.07, 6.45) is 2.99. The predicted octanol–water partition coefficient (Wildman–Crippen LogP) is 3.27. The third-order valence-electron chi connectivity index (χ3n) is 16.0. The zero-order chi connectivity index (χ0) is 31.7. The minimum Gasteiger partial charge on any atom is -0.393 e. The van der Waals surface area contributed by atoms with Crippen molar-refractivity contribution in [3.05, 3.63) is 0 Å². The lowest BCUT2D eigenvalue weighted by molar-refractivity contribution is -0.383. The average molecular weight is 621 g/mol. The zero-order valence-corrected chi connectivity index (χ0v) is 27.7. The van der Waals surface area contributed by atoms with Crippen LogP contribution in [0.15, 0.2) is 0 Å². The maximum Gasteiger partial charge on any atom is 0.197 e. The van der Waals surface area contributed by atoms with Crippen LogP contribution in [-0.2, 0) is 18.9 Å². The van der Waals surface area contributed by atoms with Crippen molar-refractivity contribution in [2.75, 3.05) is 6.61 Å². The van der Waals surface area contributed by atoms with E-state index in [4.69, 9.17) is 18.9 Å². The van der Waals surface area contributed by atoms with Crippen molar-refractivity contribution in [1.82, 2.24) is 0 Å². The second kappa shape index (κ2) is 8.80. The van der Waals surface area contributed by atoms with E-state index in [1.807, 2.05) is 13.8 Å². The van der Waals surface area contributed by atoms with Crippen LogP contribution in [-0.4, -0.2) is 92.0 Å². The van der Waals surface area contributed by atoms with Gasteiger partial charge in [0, 0.05) is 12.3 Å². The third-order valence-corrected chi connectivity index (χ3v) is 16.0. The summed E-state index contributed by atoms with van der Waals surface area (Å²) in [5.41, 5.74) is -1.69. The molecule has 3 aliphatic heterocycles. The van der Waals surface area contributed by atoms with Gasteiger partial charge in [0.15, 0.2) is 12.1 Å². The minimum absolute atomic E-state index is 0.0104. The lowest BCUT2D eigenvalue weighted by Crippen LogP contribution is -2.65. The quantitative estimate of drug-likeness (QED) is 0.301. The van der Waals surface area contributed by atoms with Crippen LogP contribution in [0.2, 0.25) is 0 Å². The molecule has 5 saturated carbocycles. The Morgan fingerprint density at radius 1 is 0.795 bits per heavy atom. The van der Waals surface area contributed by atoms with Gasteiger partial charge >= 0.3 is 0 Å². The topological polar surface area (TPSA) is 138 Å². The lowest BCUT2D eigenvalue weighted by Gasteiger charge is -2.65. The Morgan fingerprint density at radius 3 is 2.23 bits per heavy atom. The van der Waals surface area contributed by atoms with Gasteiger partial charge in [-0.2, -0.15) is 0 Å². The highest BCUT2D eigenvalue weighted by Gasteiger charge is 2.86. The highest BCUT2D eigenvalue weighted by molar-refractivity contribution is 5.34. The number of aliphatic hydroxyl groups excluding tert-OH is 4. The molecule has 8 rings (SSSR count). The first kappa shape index (κ1) is 30.9. The molecule has 2 bridgehead atoms. The summed E-state index contributed by atoms with van der Waals surface area (Å²) >= 11 is 0. The van der Waals surface area contributed by atoms with Gasteiger partial charge in [-0.1, -0.05) is 27.7 Å². The summed E-state index contributed by atoms with van der Waals surface area (Å²) in [6, 6.07) is 0. The van der Waals surface area contributed by atoms with E-state index in [1.54, 1.807) is 0 Å². The van der Waals surface area contributed by atoms with Crippen molar-refractivity contribution < 1.29 is 44.5 Å². The van der Waals surface area contributed by atoms with Crippen molar-refractivity contribution in [3.8, 4) is 0 Å². The van der Waals surface area contributed by atoms with Crippen molar-refractivity contribution in [2.45, 2.75) is 166 Å².